The molecule has 0 bridgehead atoms. The third-order valence-electron chi connectivity index (χ3n) is 0. The summed E-state index contributed by atoms with van der Waals surface area (Å²) in [6.07, 6.45) is 0. The van der Waals surface area contributed by atoms with E-state index in [1.165, 1.54) is 0 Å². The zero-order valence-corrected chi connectivity index (χ0v) is 12.0. The topological polar surface area (TPSA) is 122 Å². The van der Waals surface area contributed by atoms with Gasteiger partial charge in [0.2, 0.25) is 0 Å². The van der Waals surface area contributed by atoms with E-state index in [0.717, 1.165) is 0 Å². The average molecular weight is 293 g/mol. The Morgan fingerprint density at radius 2 is 0.300 bits per heavy atom. The van der Waals surface area contributed by atoms with Crippen LogP contribution in [0.1, 0.15) is 0 Å². The zero-order valence-electron chi connectivity index (χ0n) is 4.63. The predicted octanol–water partition coefficient (Wildman–Crippen LogP) is 3.73. The van der Waals surface area contributed by atoms with Crippen molar-refractivity contribution >= 4 is 29.7 Å². The van der Waals surface area contributed by atoms with Gasteiger partial charge < -0.3 is 24.6 Å². The van der Waals surface area contributed by atoms with E-state index < -0.39 is 0 Å². The van der Waals surface area contributed by atoms with Gasteiger partial charge in [-0.25, -0.2) is 0 Å². The van der Waals surface area contributed by atoms with Crippen LogP contribution in [-0.2, 0) is 65.2 Å². The normalized spacial score (nSPS) is 0. The first-order valence-corrected chi connectivity index (χ1v) is 0. The Morgan fingerprint density at radius 3 is 0.300 bits per heavy atom. The molecule has 0 aromatic rings. The van der Waals surface area contributed by atoms with Crippen LogP contribution in [0.25, 0.3) is 24.6 Å². The van der Waals surface area contributed by atoms with Gasteiger partial charge >= 0.3 is 65.2 Å². The quantitative estimate of drug-likeness (QED) is 0.477. The maximum atomic E-state index is 0. The molecule has 0 N–H and O–H groups in total. The molecule has 0 aromatic carbocycles. The van der Waals surface area contributed by atoms with Crippen molar-refractivity contribution in [2.75, 3.05) is 0 Å². The fourth-order valence-electron chi connectivity index (χ4n) is 0. The molecule has 0 aliphatic heterocycles. The third kappa shape index (κ3) is 111. The molecule has 0 aliphatic carbocycles. The SMILES string of the molecule is [N-3].[N-3].[N-3].[N-3].[P].[P].[P].[Ti+4].[Ti+4].[Ti+4]. The van der Waals surface area contributed by atoms with Crippen molar-refractivity contribution in [3.8, 4) is 0 Å². The van der Waals surface area contributed by atoms with Gasteiger partial charge in [0.15, 0.2) is 0 Å². The Kier molecular flexibility index (Phi) is 2720. The van der Waals surface area contributed by atoms with Crippen LogP contribution in [0, 0.1) is 0 Å². The van der Waals surface area contributed by atoms with Crippen molar-refractivity contribution in [3.05, 3.63) is 24.6 Å². The largest absolute Gasteiger partial charge is 4.00 e. The molecule has 0 saturated carbocycles. The fraction of sp³-hybridized carbons (Fsp3) is 0. The summed E-state index contributed by atoms with van der Waals surface area (Å²) in [6.45, 7) is 0. The van der Waals surface area contributed by atoms with Gasteiger partial charge in [0.1, 0.15) is 0 Å². The first-order valence-electron chi connectivity index (χ1n) is 0. The summed E-state index contributed by atoms with van der Waals surface area (Å²) in [5.74, 6) is 0. The standard InChI is InChI=1S/4N.3P.3Ti/q4*-3;;;;3*+4. The van der Waals surface area contributed by atoms with Crippen LogP contribution in [0.3, 0.4) is 0 Å². The Bertz CT molecular complexity index is 15.7. The van der Waals surface area contributed by atoms with Gasteiger partial charge in [0.05, 0.1) is 0 Å². The molecule has 4 nitrogen and oxygen atoms in total. The van der Waals surface area contributed by atoms with Crippen LogP contribution >= 0.6 is 29.7 Å². The van der Waals surface area contributed by atoms with Crippen molar-refractivity contribution in [1.82, 2.24) is 0 Å². The summed E-state index contributed by atoms with van der Waals surface area (Å²) in [6, 6.07) is 0. The molecule has 47 valence electrons. The summed E-state index contributed by atoms with van der Waals surface area (Å²) < 4.78 is 0. The van der Waals surface area contributed by atoms with Crippen LogP contribution in [0.5, 0.6) is 0 Å². The van der Waals surface area contributed by atoms with Crippen LogP contribution in [0.15, 0.2) is 0 Å². The van der Waals surface area contributed by atoms with Gasteiger partial charge in [-0.1, -0.05) is 0 Å². The van der Waals surface area contributed by atoms with Gasteiger partial charge in [0, 0.05) is 29.7 Å². The minimum Gasteiger partial charge on any atom is -3.00 e. The molecular weight excluding hydrogens is 293 g/mol. The summed E-state index contributed by atoms with van der Waals surface area (Å²) in [7, 11) is 0. The summed E-state index contributed by atoms with van der Waals surface area (Å²) in [4.78, 5) is 0. The Morgan fingerprint density at radius 1 is 0.300 bits per heavy atom. The second-order valence-electron chi connectivity index (χ2n) is 0. The number of hydrogen-bond acceptors (Lipinski definition) is 0. The molecule has 0 rings (SSSR count). The van der Waals surface area contributed by atoms with Crippen molar-refractivity contribution in [2.45, 2.75) is 0 Å². The number of nitrogens with zero attached hydrogens (tertiary/aromatic N) is 4. The minimum absolute atomic E-state index is 0. The van der Waals surface area contributed by atoms with E-state index in [1.54, 1.807) is 0 Å². The molecule has 0 aliphatic rings. The molecule has 10 heteroatoms. The molecule has 9 radical (unpaired) electrons. The molecule has 0 unspecified atom stereocenters. The maximum absolute atomic E-state index is 0. The molecule has 0 amide bonds. The molecule has 0 aromatic heterocycles. The van der Waals surface area contributed by atoms with Crippen molar-refractivity contribution in [2.24, 2.45) is 0 Å². The van der Waals surface area contributed by atoms with E-state index in [1.807, 2.05) is 0 Å². The Hall–Kier alpha value is 3.27. The van der Waals surface area contributed by atoms with Crippen molar-refractivity contribution < 1.29 is 65.2 Å². The Labute approximate surface area is 118 Å². The summed E-state index contributed by atoms with van der Waals surface area (Å²) in [5, 5.41) is 0. The second kappa shape index (κ2) is 146. The monoisotopic (exact) mass is 293 g/mol. The molecule has 0 heterocycles. The van der Waals surface area contributed by atoms with E-state index in [9.17, 15) is 0 Å². The third-order valence-corrected chi connectivity index (χ3v) is 0. The van der Waals surface area contributed by atoms with Crippen LogP contribution < -0.4 is 0 Å². The minimum atomic E-state index is 0. The van der Waals surface area contributed by atoms with Crippen molar-refractivity contribution in [1.29, 1.82) is 0 Å². The number of rotatable bonds is 0. The average Bonchev–Trinajstić information content (AvgIpc) is 0. The zero-order chi connectivity index (χ0) is 0. The maximum Gasteiger partial charge on any atom is 4.00 e. The fourth-order valence-corrected chi connectivity index (χ4v) is 0. The first kappa shape index (κ1) is 187. The smallest absolute Gasteiger partial charge is 3.00 e. The Balaban J connectivity index is 0. The first-order chi connectivity index (χ1) is 0. The predicted molar refractivity (Wildman–Crippen MR) is 34.2 cm³/mol. The second-order valence-corrected chi connectivity index (χ2v) is 0. The van der Waals surface area contributed by atoms with Gasteiger partial charge in [-0.2, -0.15) is 0 Å². The van der Waals surface area contributed by atoms with Gasteiger partial charge in [-0.05, 0) is 0 Å². The van der Waals surface area contributed by atoms with E-state index in [-0.39, 0.29) is 119 Å². The van der Waals surface area contributed by atoms with Crippen LogP contribution in [0.4, 0.5) is 0 Å². The summed E-state index contributed by atoms with van der Waals surface area (Å²) >= 11 is 0. The molecule has 10 heavy (non-hydrogen) atoms. The molecule has 0 atom stereocenters. The van der Waals surface area contributed by atoms with Crippen LogP contribution in [0.2, 0.25) is 0 Å². The van der Waals surface area contributed by atoms with E-state index >= 15 is 0 Å². The van der Waals surface area contributed by atoms with E-state index in [0.29, 0.717) is 0 Å². The number of hydrogen-bond donors (Lipinski definition) is 0. The van der Waals surface area contributed by atoms with Crippen LogP contribution in [-0.4, -0.2) is 0 Å². The molecule has 0 saturated heterocycles. The molecule has 0 spiro atoms. The van der Waals surface area contributed by atoms with Crippen molar-refractivity contribution in [3.63, 3.8) is 0 Å². The van der Waals surface area contributed by atoms with Gasteiger partial charge in [0.25, 0.3) is 0 Å². The van der Waals surface area contributed by atoms with E-state index in [4.69, 9.17) is 0 Å². The van der Waals surface area contributed by atoms with Gasteiger partial charge in [-0.15, -0.1) is 0 Å². The molecule has 0 fully saturated rings. The summed E-state index contributed by atoms with van der Waals surface area (Å²) in [5.41, 5.74) is 0. The van der Waals surface area contributed by atoms with Gasteiger partial charge in [-0.3, -0.25) is 0 Å². The molecular formula is N4P3Ti3. The van der Waals surface area contributed by atoms with E-state index in [2.05, 4.69) is 0 Å².